The van der Waals surface area contributed by atoms with E-state index in [9.17, 15) is 19.2 Å². The number of hydrogen-bond donors (Lipinski definition) is 2. The maximum absolute atomic E-state index is 12.1. The predicted molar refractivity (Wildman–Crippen MR) is 216 cm³/mol. The average molecular weight is 759 g/mol. The summed E-state index contributed by atoms with van der Waals surface area (Å²) >= 11 is 0. The first-order chi connectivity index (χ1) is 25.5. The Balaban J connectivity index is 0.000000379. The third-order valence-electron chi connectivity index (χ3n) is 8.57. The molecule has 0 aliphatic carbocycles. The molecule has 0 saturated carbocycles. The number of nitrogens with one attached hydrogen (secondary N) is 1. The summed E-state index contributed by atoms with van der Waals surface area (Å²) in [7, 11) is 0. The van der Waals surface area contributed by atoms with Crippen molar-refractivity contribution in [1.29, 1.82) is 0 Å². The van der Waals surface area contributed by atoms with E-state index < -0.39 is 23.8 Å². The van der Waals surface area contributed by atoms with Crippen molar-refractivity contribution in [3.8, 4) is 22.3 Å². The van der Waals surface area contributed by atoms with Crippen molar-refractivity contribution in [2.75, 3.05) is 19.8 Å². The third-order valence-corrected chi connectivity index (χ3v) is 8.57. The molecular weight excluding hydrogens is 704 g/mol. The zero-order valence-corrected chi connectivity index (χ0v) is 32.8. The highest BCUT2D eigenvalue weighted by Crippen LogP contribution is 2.22. The zero-order valence-electron chi connectivity index (χ0n) is 32.0. The van der Waals surface area contributed by atoms with E-state index in [2.05, 4.69) is 41.7 Å². The van der Waals surface area contributed by atoms with Gasteiger partial charge in [0, 0.05) is 12.1 Å². The number of carbonyl (C=O) groups is 4. The Kier molecular flexibility index (Phi) is 20.4. The molecule has 1 amide bonds. The second-order valence-electron chi connectivity index (χ2n) is 13.0. The van der Waals surface area contributed by atoms with E-state index in [-0.39, 0.29) is 42.9 Å². The van der Waals surface area contributed by atoms with Crippen LogP contribution in [0.25, 0.3) is 22.3 Å². The Labute approximate surface area is 326 Å². The summed E-state index contributed by atoms with van der Waals surface area (Å²) in [6.07, 6.45) is 2.23. The summed E-state index contributed by atoms with van der Waals surface area (Å²) in [5.41, 5.74) is 13.0. The van der Waals surface area contributed by atoms with E-state index in [1.54, 1.807) is 20.8 Å². The van der Waals surface area contributed by atoms with E-state index in [4.69, 9.17) is 19.9 Å². The van der Waals surface area contributed by atoms with E-state index in [0.717, 1.165) is 23.1 Å². The molecule has 0 aliphatic rings. The van der Waals surface area contributed by atoms with Gasteiger partial charge in [-0.15, -0.1) is 12.4 Å². The molecule has 4 rings (SSSR count). The van der Waals surface area contributed by atoms with Crippen LogP contribution in [0.4, 0.5) is 0 Å². The summed E-state index contributed by atoms with van der Waals surface area (Å²) in [5, 5.41) is 2.70. The summed E-state index contributed by atoms with van der Waals surface area (Å²) in [6.45, 7) is 9.66. The first-order valence-corrected chi connectivity index (χ1v) is 18.4. The molecule has 0 spiro atoms. The van der Waals surface area contributed by atoms with E-state index in [1.807, 2.05) is 86.6 Å². The summed E-state index contributed by atoms with van der Waals surface area (Å²) in [6, 6.07) is 36.3. The molecule has 9 nitrogen and oxygen atoms in total. The normalized spacial score (nSPS) is 12.6. The van der Waals surface area contributed by atoms with Crippen molar-refractivity contribution in [2.24, 2.45) is 17.6 Å². The first kappa shape index (κ1) is 45.2. The topological polar surface area (TPSA) is 134 Å². The monoisotopic (exact) mass is 758 g/mol. The number of nitrogens with two attached hydrogens (primary N) is 1. The van der Waals surface area contributed by atoms with Crippen LogP contribution in [0.1, 0.15) is 58.6 Å². The molecule has 0 fully saturated rings. The highest BCUT2D eigenvalue weighted by molar-refractivity contribution is 6.32. The molecule has 4 atom stereocenters. The predicted octanol–water partition coefficient (Wildman–Crippen LogP) is 7.77. The third kappa shape index (κ3) is 15.5. The van der Waals surface area contributed by atoms with Gasteiger partial charge >= 0.3 is 23.8 Å². The number of halogens is 1. The number of benzene rings is 4. The molecular formula is C44H55ClN2O7. The molecule has 0 heterocycles. The number of rotatable bonds is 16. The smallest absolute Gasteiger partial charge is 0.396 e. The van der Waals surface area contributed by atoms with Crippen molar-refractivity contribution in [1.82, 2.24) is 5.32 Å². The molecule has 0 bridgehead atoms. The zero-order chi connectivity index (χ0) is 38.6. The van der Waals surface area contributed by atoms with Gasteiger partial charge in [0.05, 0.1) is 31.7 Å². The van der Waals surface area contributed by atoms with Crippen molar-refractivity contribution in [3.63, 3.8) is 0 Å². The van der Waals surface area contributed by atoms with Crippen LogP contribution in [0.5, 0.6) is 0 Å². The van der Waals surface area contributed by atoms with Gasteiger partial charge in [-0.2, -0.15) is 0 Å². The minimum atomic E-state index is -0.925. The molecule has 3 N–H and O–H groups in total. The molecule has 290 valence electrons. The minimum Gasteiger partial charge on any atom is -0.466 e. The highest BCUT2D eigenvalue weighted by Gasteiger charge is 2.25. The number of amides is 1. The van der Waals surface area contributed by atoms with Crippen LogP contribution in [0.2, 0.25) is 0 Å². The summed E-state index contributed by atoms with van der Waals surface area (Å²) in [4.78, 5) is 47.6. The van der Waals surface area contributed by atoms with Gasteiger partial charge in [0.2, 0.25) is 0 Å². The molecule has 4 aromatic rings. The molecule has 0 aliphatic heterocycles. The van der Waals surface area contributed by atoms with Crippen molar-refractivity contribution >= 4 is 36.2 Å². The maximum atomic E-state index is 12.1. The number of hydrogen-bond acceptors (Lipinski definition) is 8. The fraction of sp³-hybridized carbons (Fsp3) is 0.364. The van der Waals surface area contributed by atoms with Crippen LogP contribution < -0.4 is 11.1 Å². The van der Waals surface area contributed by atoms with Gasteiger partial charge in [0.15, 0.2) is 0 Å². The second-order valence-corrected chi connectivity index (χ2v) is 13.0. The lowest BCUT2D eigenvalue weighted by atomic mass is 9.95. The molecule has 10 heteroatoms. The Hall–Kier alpha value is -4.99. The van der Waals surface area contributed by atoms with E-state index in [1.165, 1.54) is 16.7 Å². The fourth-order valence-electron chi connectivity index (χ4n) is 5.88. The maximum Gasteiger partial charge on any atom is 0.396 e. The van der Waals surface area contributed by atoms with E-state index in [0.29, 0.717) is 32.5 Å². The van der Waals surface area contributed by atoms with Gasteiger partial charge in [-0.3, -0.25) is 14.4 Å². The van der Waals surface area contributed by atoms with Crippen molar-refractivity contribution in [3.05, 3.63) is 120 Å². The average Bonchev–Trinajstić information content (AvgIpc) is 3.16. The highest BCUT2D eigenvalue weighted by atomic mass is 35.5. The van der Waals surface area contributed by atoms with Crippen molar-refractivity contribution < 1.29 is 33.4 Å². The first-order valence-electron chi connectivity index (χ1n) is 18.4. The van der Waals surface area contributed by atoms with Gasteiger partial charge < -0.3 is 25.3 Å². The molecule has 0 unspecified atom stereocenters. The number of esters is 3. The van der Waals surface area contributed by atoms with Crippen LogP contribution in [-0.2, 0) is 46.2 Å². The lowest BCUT2D eigenvalue weighted by Crippen LogP contribution is -2.42. The molecule has 0 radical (unpaired) electrons. The summed E-state index contributed by atoms with van der Waals surface area (Å²) < 4.78 is 14.9. The Bertz CT molecular complexity index is 1700. The Morgan fingerprint density at radius 1 is 0.556 bits per heavy atom. The molecule has 0 saturated heterocycles. The largest absolute Gasteiger partial charge is 0.466 e. The fourth-order valence-corrected chi connectivity index (χ4v) is 5.88. The van der Waals surface area contributed by atoms with Gasteiger partial charge in [0.1, 0.15) is 0 Å². The lowest BCUT2D eigenvalue weighted by molar-refractivity contribution is -0.155. The van der Waals surface area contributed by atoms with Crippen LogP contribution >= 0.6 is 12.4 Å². The van der Waals surface area contributed by atoms with Crippen molar-refractivity contribution in [2.45, 2.75) is 72.4 Å². The second kappa shape index (κ2) is 24.3. The minimum absolute atomic E-state index is 0. The van der Waals surface area contributed by atoms with Crippen LogP contribution in [0.3, 0.4) is 0 Å². The van der Waals surface area contributed by atoms with Crippen LogP contribution in [-0.4, -0.2) is 55.7 Å². The number of ether oxygens (including phenoxy) is 3. The van der Waals surface area contributed by atoms with Crippen LogP contribution in [0, 0.1) is 11.8 Å². The quantitative estimate of drug-likeness (QED) is 0.0673. The number of carbonyl (C=O) groups excluding carboxylic acids is 4. The SMILES string of the molecule is CCOC(=O)C(=O)N[C@H](Cc1ccc(-c2ccccc2)cc1)C[C@@H](C)C(=O)OCC.CCOC(=O)[C@H](C)C[C@H](N)Cc1ccc(-c2ccccc2)cc1.Cl. The van der Waals surface area contributed by atoms with Crippen LogP contribution in [0.15, 0.2) is 109 Å². The van der Waals surface area contributed by atoms with E-state index >= 15 is 0 Å². The molecule has 4 aromatic carbocycles. The summed E-state index contributed by atoms with van der Waals surface area (Å²) in [5.74, 6) is -2.80. The van der Waals surface area contributed by atoms with Gasteiger partial charge in [-0.25, -0.2) is 4.79 Å². The van der Waals surface area contributed by atoms with Gasteiger partial charge in [0.25, 0.3) is 0 Å². The Morgan fingerprint density at radius 3 is 1.37 bits per heavy atom. The molecule has 0 aromatic heterocycles. The van der Waals surface area contributed by atoms with Gasteiger partial charge in [-0.1, -0.05) is 123 Å². The molecule has 54 heavy (non-hydrogen) atoms. The Morgan fingerprint density at radius 2 is 0.944 bits per heavy atom. The van der Waals surface area contributed by atoms with Gasteiger partial charge in [-0.05, 0) is 79.8 Å². The standard InChI is InChI=1S/C24H29NO5.C20H25NO2.ClH/c1-4-29-23(27)17(3)15-21(25-22(26)24(28)30-5-2)16-18-11-13-20(14-12-18)19-9-7-6-8-10-19;1-3-23-20(22)15(2)13-19(21)14-16-9-11-18(12-10-16)17-7-5-4-6-8-17;/h6-14,17,21H,4-5,15-16H2,1-3H3,(H,25,26);4-12,15,19H,3,13-14,21H2,1-2H3;1H/t17-,21+;15-,19+;/m11./s1. The lowest BCUT2D eigenvalue weighted by Gasteiger charge is -2.21.